The van der Waals surface area contributed by atoms with Gasteiger partial charge in [0, 0.05) is 18.7 Å². The van der Waals surface area contributed by atoms with Gasteiger partial charge in [-0.1, -0.05) is 24.3 Å². The minimum Gasteiger partial charge on any atom is -0.493 e. The van der Waals surface area contributed by atoms with Crippen LogP contribution in [0.3, 0.4) is 0 Å². The third-order valence-electron chi connectivity index (χ3n) is 3.47. The molecule has 3 rings (SSSR count). The van der Waals surface area contributed by atoms with Crippen molar-refractivity contribution in [1.29, 1.82) is 0 Å². The minimum absolute atomic E-state index is 0.0988. The van der Waals surface area contributed by atoms with Gasteiger partial charge in [0.1, 0.15) is 5.75 Å². The molecule has 0 bridgehead atoms. The fraction of sp³-hybridized carbons (Fsp3) is 0.250. The normalized spacial score (nSPS) is 13.7. The second kappa shape index (κ2) is 5.31. The first-order chi connectivity index (χ1) is 10.0. The van der Waals surface area contributed by atoms with Crippen LogP contribution in [0, 0.1) is 0 Å². The number of anilines is 1. The third kappa shape index (κ3) is 2.96. The highest BCUT2D eigenvalue weighted by Gasteiger charge is 2.33. The van der Waals surface area contributed by atoms with Crippen molar-refractivity contribution >= 4 is 5.69 Å². The van der Waals surface area contributed by atoms with Crippen molar-refractivity contribution in [2.45, 2.75) is 19.1 Å². The first kappa shape index (κ1) is 13.8. The number of hydrogen-bond donors (Lipinski definition) is 1. The molecule has 0 aliphatic carbocycles. The zero-order valence-corrected chi connectivity index (χ0v) is 11.2. The average Bonchev–Trinajstić information content (AvgIpc) is 2.92. The molecule has 0 aromatic heterocycles. The van der Waals surface area contributed by atoms with Crippen molar-refractivity contribution in [2.24, 2.45) is 0 Å². The SMILES string of the molecule is FC(F)(F)c1ccccc1NCc1ccc2c(c1)CCO2. The highest BCUT2D eigenvalue weighted by molar-refractivity contribution is 5.53. The Morgan fingerprint density at radius 2 is 1.90 bits per heavy atom. The summed E-state index contributed by atoms with van der Waals surface area (Å²) in [6.45, 7) is 1.02. The van der Waals surface area contributed by atoms with E-state index < -0.39 is 11.7 Å². The molecule has 2 aromatic rings. The summed E-state index contributed by atoms with van der Waals surface area (Å²) < 4.78 is 44.1. The predicted molar refractivity (Wildman–Crippen MR) is 74.4 cm³/mol. The standard InChI is InChI=1S/C16H14F3NO/c17-16(18,19)13-3-1-2-4-14(13)20-10-11-5-6-15-12(9-11)7-8-21-15/h1-6,9,20H,7-8,10H2. The maximum atomic E-state index is 12.9. The van der Waals surface area contributed by atoms with E-state index in [1.807, 2.05) is 18.2 Å². The minimum atomic E-state index is -4.35. The van der Waals surface area contributed by atoms with Crippen LogP contribution in [0.5, 0.6) is 5.75 Å². The molecule has 0 atom stereocenters. The first-order valence-corrected chi connectivity index (χ1v) is 6.69. The Morgan fingerprint density at radius 1 is 1.10 bits per heavy atom. The molecular formula is C16H14F3NO. The molecule has 0 amide bonds. The molecule has 0 unspecified atom stereocenters. The lowest BCUT2D eigenvalue weighted by molar-refractivity contribution is -0.136. The Morgan fingerprint density at radius 3 is 2.71 bits per heavy atom. The number of alkyl halides is 3. The molecule has 1 aliphatic heterocycles. The summed E-state index contributed by atoms with van der Waals surface area (Å²) in [6.07, 6.45) is -3.50. The zero-order chi connectivity index (χ0) is 14.9. The van der Waals surface area contributed by atoms with E-state index in [0.29, 0.717) is 13.2 Å². The van der Waals surface area contributed by atoms with E-state index in [-0.39, 0.29) is 5.69 Å². The fourth-order valence-corrected chi connectivity index (χ4v) is 2.43. The van der Waals surface area contributed by atoms with Crippen molar-refractivity contribution < 1.29 is 17.9 Å². The molecule has 5 heteroatoms. The van der Waals surface area contributed by atoms with Gasteiger partial charge in [-0.05, 0) is 29.3 Å². The van der Waals surface area contributed by atoms with Gasteiger partial charge < -0.3 is 10.1 Å². The molecule has 2 aromatic carbocycles. The van der Waals surface area contributed by atoms with Gasteiger partial charge in [-0.25, -0.2) is 0 Å². The molecule has 1 aliphatic rings. The van der Waals surface area contributed by atoms with Crippen molar-refractivity contribution in [2.75, 3.05) is 11.9 Å². The van der Waals surface area contributed by atoms with Crippen LogP contribution in [0.2, 0.25) is 0 Å². The average molecular weight is 293 g/mol. The van der Waals surface area contributed by atoms with Crippen LogP contribution in [-0.2, 0) is 19.1 Å². The van der Waals surface area contributed by atoms with Crippen LogP contribution in [0.25, 0.3) is 0 Å². The second-order valence-electron chi connectivity index (χ2n) is 4.94. The maximum Gasteiger partial charge on any atom is 0.418 e. The lowest BCUT2D eigenvalue weighted by Gasteiger charge is -2.14. The van der Waals surface area contributed by atoms with E-state index in [9.17, 15) is 13.2 Å². The van der Waals surface area contributed by atoms with Crippen molar-refractivity contribution in [3.05, 3.63) is 59.2 Å². The zero-order valence-electron chi connectivity index (χ0n) is 11.2. The summed E-state index contributed by atoms with van der Waals surface area (Å²) >= 11 is 0. The summed E-state index contributed by atoms with van der Waals surface area (Å²) in [5.41, 5.74) is 1.51. The number of hydrogen-bond acceptors (Lipinski definition) is 2. The van der Waals surface area contributed by atoms with Crippen LogP contribution in [0.4, 0.5) is 18.9 Å². The van der Waals surface area contributed by atoms with E-state index in [2.05, 4.69) is 5.32 Å². The third-order valence-corrected chi connectivity index (χ3v) is 3.47. The van der Waals surface area contributed by atoms with Crippen molar-refractivity contribution in [3.8, 4) is 5.75 Å². The van der Waals surface area contributed by atoms with Gasteiger partial charge in [0.15, 0.2) is 0 Å². The molecule has 0 fully saturated rings. The maximum absolute atomic E-state index is 12.9. The molecule has 21 heavy (non-hydrogen) atoms. The number of benzene rings is 2. The summed E-state index contributed by atoms with van der Waals surface area (Å²) in [4.78, 5) is 0. The molecule has 0 saturated carbocycles. The smallest absolute Gasteiger partial charge is 0.418 e. The van der Waals surface area contributed by atoms with E-state index in [0.717, 1.165) is 29.4 Å². The lowest BCUT2D eigenvalue weighted by atomic mass is 10.1. The number of nitrogens with one attached hydrogen (secondary N) is 1. The summed E-state index contributed by atoms with van der Waals surface area (Å²) in [7, 11) is 0. The number of halogens is 3. The van der Waals surface area contributed by atoms with Crippen molar-refractivity contribution in [3.63, 3.8) is 0 Å². The lowest BCUT2D eigenvalue weighted by Crippen LogP contribution is -2.10. The molecule has 0 saturated heterocycles. The van der Waals surface area contributed by atoms with E-state index >= 15 is 0 Å². The Kier molecular flexibility index (Phi) is 3.49. The summed E-state index contributed by atoms with van der Waals surface area (Å²) in [6, 6.07) is 11.2. The molecular weight excluding hydrogens is 279 g/mol. The van der Waals surface area contributed by atoms with E-state index in [1.165, 1.54) is 12.1 Å². The van der Waals surface area contributed by atoms with Crippen LogP contribution in [0.1, 0.15) is 16.7 Å². The molecule has 0 radical (unpaired) electrons. The van der Waals surface area contributed by atoms with Crippen molar-refractivity contribution in [1.82, 2.24) is 0 Å². The molecule has 2 nitrogen and oxygen atoms in total. The molecule has 110 valence electrons. The Bertz CT molecular complexity index is 652. The number of para-hydroxylation sites is 1. The largest absolute Gasteiger partial charge is 0.493 e. The predicted octanol–water partition coefficient (Wildman–Crippen LogP) is 4.25. The highest BCUT2D eigenvalue weighted by Crippen LogP contribution is 2.35. The Balaban J connectivity index is 1.76. The van der Waals surface area contributed by atoms with Crippen LogP contribution in [0.15, 0.2) is 42.5 Å². The first-order valence-electron chi connectivity index (χ1n) is 6.69. The summed E-state index contributed by atoms with van der Waals surface area (Å²) in [5.74, 6) is 0.870. The summed E-state index contributed by atoms with van der Waals surface area (Å²) in [5, 5.41) is 2.87. The molecule has 1 N–H and O–H groups in total. The monoisotopic (exact) mass is 293 g/mol. The van der Waals surface area contributed by atoms with Gasteiger partial charge in [-0.3, -0.25) is 0 Å². The van der Waals surface area contributed by atoms with Gasteiger partial charge in [0.25, 0.3) is 0 Å². The van der Waals surface area contributed by atoms with E-state index in [1.54, 1.807) is 6.07 Å². The van der Waals surface area contributed by atoms with Gasteiger partial charge in [0.2, 0.25) is 0 Å². The van der Waals surface area contributed by atoms with Gasteiger partial charge in [-0.2, -0.15) is 13.2 Å². The highest BCUT2D eigenvalue weighted by atomic mass is 19.4. The second-order valence-corrected chi connectivity index (χ2v) is 4.94. The van der Waals surface area contributed by atoms with Crippen LogP contribution >= 0.6 is 0 Å². The van der Waals surface area contributed by atoms with Gasteiger partial charge in [0.05, 0.1) is 12.2 Å². The van der Waals surface area contributed by atoms with Crippen LogP contribution < -0.4 is 10.1 Å². The topological polar surface area (TPSA) is 21.3 Å². The van der Waals surface area contributed by atoms with E-state index in [4.69, 9.17) is 4.74 Å². The van der Waals surface area contributed by atoms with Crippen LogP contribution in [-0.4, -0.2) is 6.61 Å². The van der Waals surface area contributed by atoms with Gasteiger partial charge in [-0.15, -0.1) is 0 Å². The Labute approximate surface area is 120 Å². The molecule has 0 spiro atoms. The number of rotatable bonds is 3. The number of fused-ring (bicyclic) bond motifs is 1. The Hall–Kier alpha value is -2.17. The molecule has 1 heterocycles. The number of ether oxygens (including phenoxy) is 1. The van der Waals surface area contributed by atoms with Gasteiger partial charge >= 0.3 is 6.18 Å². The fourth-order valence-electron chi connectivity index (χ4n) is 2.43. The quantitative estimate of drug-likeness (QED) is 0.913.